The topological polar surface area (TPSA) is 121 Å². The second-order valence-corrected chi connectivity index (χ2v) is 6.39. The molecule has 2 aromatic rings. The molecule has 1 unspecified atom stereocenters. The van der Waals surface area contributed by atoms with Crippen molar-refractivity contribution >= 4 is 35.3 Å². The summed E-state index contributed by atoms with van der Waals surface area (Å²) < 4.78 is 11.5. The molecule has 1 aromatic heterocycles. The Morgan fingerprint density at radius 2 is 1.96 bits per heavy atom. The van der Waals surface area contributed by atoms with Gasteiger partial charge in [-0.15, -0.1) is 10.2 Å². The van der Waals surface area contributed by atoms with Crippen molar-refractivity contribution in [1.82, 2.24) is 14.8 Å². The van der Waals surface area contributed by atoms with Crippen molar-refractivity contribution in [2.24, 2.45) is 0 Å². The monoisotopic (exact) mass is 393 g/mol. The van der Waals surface area contributed by atoms with Gasteiger partial charge in [-0.25, -0.2) is 0 Å². The summed E-state index contributed by atoms with van der Waals surface area (Å²) in [6, 6.07) is 6.47. The third kappa shape index (κ3) is 5.36. The standard InChI is InChI=1S/C17H23N5O4S/c1-4-13(15(24)19-11-6-8-12(9-7-11)26-5-2)22-16(18)20-21-17(22)27-10-14(23)25-3/h6-9,13H,4-5,10H2,1-3H3,(H2,18,20)(H,19,24). The molecule has 1 heterocycles. The molecule has 146 valence electrons. The number of amides is 1. The number of nitrogens with zero attached hydrogens (tertiary/aromatic N) is 3. The van der Waals surface area contributed by atoms with Crippen molar-refractivity contribution in [3.05, 3.63) is 24.3 Å². The van der Waals surface area contributed by atoms with E-state index in [4.69, 9.17) is 10.5 Å². The van der Waals surface area contributed by atoms with Gasteiger partial charge in [0.1, 0.15) is 11.8 Å². The zero-order valence-corrected chi connectivity index (χ0v) is 16.3. The molecule has 0 fully saturated rings. The predicted molar refractivity (Wildman–Crippen MR) is 103 cm³/mol. The number of anilines is 2. The Balaban J connectivity index is 2.14. The summed E-state index contributed by atoms with van der Waals surface area (Å²) in [5.41, 5.74) is 6.54. The van der Waals surface area contributed by atoms with Crippen molar-refractivity contribution in [2.45, 2.75) is 31.5 Å². The summed E-state index contributed by atoms with van der Waals surface area (Å²) in [7, 11) is 1.31. The number of nitrogens with two attached hydrogens (primary N) is 1. The Morgan fingerprint density at radius 3 is 2.56 bits per heavy atom. The molecule has 1 amide bonds. The SMILES string of the molecule is CCOc1ccc(NC(=O)C(CC)n2c(N)nnc2SCC(=O)OC)cc1. The first-order valence-corrected chi connectivity index (χ1v) is 9.42. The first-order chi connectivity index (χ1) is 13.0. The normalized spacial score (nSPS) is 11.7. The fourth-order valence-corrected chi connectivity index (χ4v) is 3.20. The van der Waals surface area contributed by atoms with Gasteiger partial charge in [-0.05, 0) is 37.6 Å². The van der Waals surface area contributed by atoms with E-state index in [0.717, 1.165) is 17.5 Å². The van der Waals surface area contributed by atoms with Crippen LogP contribution in [0.15, 0.2) is 29.4 Å². The number of hydrogen-bond donors (Lipinski definition) is 2. The maximum Gasteiger partial charge on any atom is 0.316 e. The van der Waals surface area contributed by atoms with E-state index in [2.05, 4.69) is 20.3 Å². The molecule has 0 aliphatic carbocycles. The number of methoxy groups -OCH3 is 1. The molecule has 0 bridgehead atoms. The van der Waals surface area contributed by atoms with Crippen LogP contribution in [0.25, 0.3) is 0 Å². The van der Waals surface area contributed by atoms with Crippen LogP contribution in [0.2, 0.25) is 0 Å². The molecule has 2 rings (SSSR count). The van der Waals surface area contributed by atoms with Crippen LogP contribution in [0, 0.1) is 0 Å². The molecule has 0 saturated heterocycles. The van der Waals surface area contributed by atoms with Gasteiger partial charge in [-0.2, -0.15) is 0 Å². The number of nitrogens with one attached hydrogen (secondary N) is 1. The summed E-state index contributed by atoms with van der Waals surface area (Å²) in [5.74, 6) is 0.224. The predicted octanol–water partition coefficient (Wildman–Crippen LogP) is 2.11. The Bertz CT molecular complexity index is 778. The van der Waals surface area contributed by atoms with Crippen molar-refractivity contribution < 1.29 is 19.1 Å². The highest BCUT2D eigenvalue weighted by Gasteiger charge is 2.25. The van der Waals surface area contributed by atoms with Gasteiger partial charge in [0.25, 0.3) is 0 Å². The van der Waals surface area contributed by atoms with Gasteiger partial charge >= 0.3 is 5.97 Å². The molecule has 1 atom stereocenters. The van der Waals surface area contributed by atoms with Crippen molar-refractivity contribution in [2.75, 3.05) is 30.5 Å². The second-order valence-electron chi connectivity index (χ2n) is 5.45. The first kappa shape index (κ1) is 20.6. The van der Waals surface area contributed by atoms with E-state index in [1.54, 1.807) is 24.3 Å². The zero-order chi connectivity index (χ0) is 19.8. The molecule has 1 aromatic carbocycles. The lowest BCUT2D eigenvalue weighted by atomic mass is 10.2. The number of ether oxygens (including phenoxy) is 2. The molecule has 10 heteroatoms. The highest BCUT2D eigenvalue weighted by molar-refractivity contribution is 7.99. The quantitative estimate of drug-likeness (QED) is 0.491. The Kier molecular flexibility index (Phi) is 7.47. The molecule has 3 N–H and O–H groups in total. The molecular formula is C17H23N5O4S. The summed E-state index contributed by atoms with van der Waals surface area (Å²) in [6.45, 7) is 4.33. The van der Waals surface area contributed by atoms with Crippen LogP contribution in [0.1, 0.15) is 26.3 Å². The number of thioether (sulfide) groups is 1. The van der Waals surface area contributed by atoms with Crippen LogP contribution in [-0.2, 0) is 14.3 Å². The molecular weight excluding hydrogens is 370 g/mol. The highest BCUT2D eigenvalue weighted by Crippen LogP contribution is 2.26. The maximum atomic E-state index is 12.8. The number of aromatic nitrogens is 3. The van der Waals surface area contributed by atoms with Crippen LogP contribution in [0.4, 0.5) is 11.6 Å². The third-order valence-electron chi connectivity index (χ3n) is 3.67. The molecule has 0 radical (unpaired) electrons. The fraction of sp³-hybridized carbons (Fsp3) is 0.412. The van der Waals surface area contributed by atoms with Gasteiger partial charge in [0.2, 0.25) is 11.9 Å². The Labute approximate surface area is 161 Å². The van der Waals surface area contributed by atoms with E-state index in [9.17, 15) is 9.59 Å². The summed E-state index contributed by atoms with van der Waals surface area (Å²) in [5, 5.41) is 11.0. The summed E-state index contributed by atoms with van der Waals surface area (Å²) in [6.07, 6.45) is 0.469. The number of carbonyl (C=O) groups excluding carboxylic acids is 2. The molecule has 0 aliphatic rings. The molecule has 0 spiro atoms. The summed E-state index contributed by atoms with van der Waals surface area (Å²) >= 11 is 1.11. The minimum Gasteiger partial charge on any atom is -0.494 e. The lowest BCUT2D eigenvalue weighted by Gasteiger charge is -2.19. The Hall–Kier alpha value is -2.75. The minimum absolute atomic E-state index is 0.0472. The van der Waals surface area contributed by atoms with E-state index in [1.165, 1.54) is 11.7 Å². The van der Waals surface area contributed by atoms with Gasteiger partial charge in [0.05, 0.1) is 19.5 Å². The Morgan fingerprint density at radius 1 is 1.26 bits per heavy atom. The zero-order valence-electron chi connectivity index (χ0n) is 15.5. The smallest absolute Gasteiger partial charge is 0.316 e. The molecule has 0 saturated carbocycles. The van der Waals surface area contributed by atoms with Gasteiger partial charge in [-0.1, -0.05) is 18.7 Å². The average molecular weight is 393 g/mol. The minimum atomic E-state index is -0.619. The number of esters is 1. The number of carbonyl (C=O) groups is 2. The fourth-order valence-electron chi connectivity index (χ4n) is 2.37. The van der Waals surface area contributed by atoms with Crippen LogP contribution in [-0.4, -0.2) is 46.1 Å². The molecule has 0 aliphatic heterocycles. The van der Waals surface area contributed by atoms with E-state index in [-0.39, 0.29) is 17.6 Å². The van der Waals surface area contributed by atoms with E-state index in [0.29, 0.717) is 23.9 Å². The van der Waals surface area contributed by atoms with Gasteiger partial charge in [-0.3, -0.25) is 14.2 Å². The summed E-state index contributed by atoms with van der Waals surface area (Å²) in [4.78, 5) is 24.1. The van der Waals surface area contributed by atoms with E-state index in [1.807, 2.05) is 13.8 Å². The van der Waals surface area contributed by atoms with Crippen LogP contribution < -0.4 is 15.8 Å². The average Bonchev–Trinajstić information content (AvgIpc) is 3.03. The van der Waals surface area contributed by atoms with Crippen molar-refractivity contribution in [3.63, 3.8) is 0 Å². The number of hydrogen-bond acceptors (Lipinski definition) is 8. The second kappa shape index (κ2) is 9.81. The van der Waals surface area contributed by atoms with E-state index >= 15 is 0 Å². The lowest BCUT2D eigenvalue weighted by molar-refractivity contribution is -0.137. The van der Waals surface area contributed by atoms with Gasteiger partial charge < -0.3 is 20.5 Å². The number of benzene rings is 1. The molecule has 27 heavy (non-hydrogen) atoms. The lowest BCUT2D eigenvalue weighted by Crippen LogP contribution is -2.27. The number of rotatable bonds is 9. The van der Waals surface area contributed by atoms with E-state index < -0.39 is 12.0 Å². The maximum absolute atomic E-state index is 12.8. The van der Waals surface area contributed by atoms with Gasteiger partial charge in [0, 0.05) is 5.69 Å². The van der Waals surface area contributed by atoms with Crippen molar-refractivity contribution in [1.29, 1.82) is 0 Å². The number of nitrogen functional groups attached to an aromatic ring is 1. The first-order valence-electron chi connectivity index (χ1n) is 8.43. The third-order valence-corrected chi connectivity index (χ3v) is 4.59. The highest BCUT2D eigenvalue weighted by atomic mass is 32.2. The van der Waals surface area contributed by atoms with Crippen LogP contribution in [0.3, 0.4) is 0 Å². The van der Waals surface area contributed by atoms with Crippen LogP contribution in [0.5, 0.6) is 5.75 Å². The molecule has 9 nitrogen and oxygen atoms in total. The van der Waals surface area contributed by atoms with Gasteiger partial charge in [0.15, 0.2) is 5.16 Å². The van der Waals surface area contributed by atoms with Crippen molar-refractivity contribution in [3.8, 4) is 5.75 Å². The largest absolute Gasteiger partial charge is 0.494 e. The van der Waals surface area contributed by atoms with Crippen LogP contribution >= 0.6 is 11.8 Å².